The first kappa shape index (κ1) is 18.4. The van der Waals surface area contributed by atoms with Crippen LogP contribution in [0.3, 0.4) is 0 Å². The average Bonchev–Trinajstić information content (AvgIpc) is 2.67. The Morgan fingerprint density at radius 3 is 2.54 bits per heavy atom. The summed E-state index contributed by atoms with van der Waals surface area (Å²) in [6, 6.07) is 19.3. The van der Waals surface area contributed by atoms with Gasteiger partial charge in [-0.3, -0.25) is 9.69 Å². The van der Waals surface area contributed by atoms with Crippen molar-refractivity contribution in [1.82, 2.24) is 10.2 Å². The van der Waals surface area contributed by atoms with Gasteiger partial charge in [0.15, 0.2) is 0 Å². The van der Waals surface area contributed by atoms with E-state index >= 15 is 0 Å². The molecular weight excluding hydrogens is 328 g/mol. The predicted molar refractivity (Wildman–Crippen MR) is 101 cm³/mol. The number of nitrogens with one attached hydrogen (secondary N) is 1. The molecule has 138 valence electrons. The lowest BCUT2D eigenvalue weighted by molar-refractivity contribution is -0.124. The van der Waals surface area contributed by atoms with Gasteiger partial charge in [0, 0.05) is 13.1 Å². The quantitative estimate of drug-likeness (QED) is 0.800. The third-order valence-electron chi connectivity index (χ3n) is 4.58. The molecule has 1 aliphatic rings. The Balaban J connectivity index is 1.45. The standard InChI is InChI=1S/C21H26N2O3/c24-20(22-14-18-8-3-1-4-9-18)15-23-13-7-12-21(25,16-23)17-26-19-10-5-2-6-11-19/h1-6,8-11,25H,7,12-17H2,(H,22,24)/t21-/m1/s1. The van der Waals surface area contributed by atoms with Crippen LogP contribution in [0, 0.1) is 0 Å². The molecule has 0 saturated carbocycles. The summed E-state index contributed by atoms with van der Waals surface area (Å²) in [5, 5.41) is 13.8. The van der Waals surface area contributed by atoms with Crippen LogP contribution in [0.25, 0.3) is 0 Å². The molecule has 0 unspecified atom stereocenters. The van der Waals surface area contributed by atoms with E-state index < -0.39 is 5.60 Å². The number of carbonyl (C=O) groups excluding carboxylic acids is 1. The molecule has 1 aliphatic heterocycles. The summed E-state index contributed by atoms with van der Waals surface area (Å²) < 4.78 is 5.73. The number of piperidine rings is 1. The lowest BCUT2D eigenvalue weighted by Gasteiger charge is -2.38. The van der Waals surface area contributed by atoms with Gasteiger partial charge in [-0.2, -0.15) is 0 Å². The maximum Gasteiger partial charge on any atom is 0.234 e. The number of β-amino-alcohol motifs (C(OH)–C–C–N with tert-alkyl or cyclic N) is 1. The summed E-state index contributed by atoms with van der Waals surface area (Å²) in [5.74, 6) is 0.723. The molecule has 1 amide bonds. The Hall–Kier alpha value is -2.37. The van der Waals surface area contributed by atoms with Crippen molar-refractivity contribution >= 4 is 5.91 Å². The number of carbonyl (C=O) groups is 1. The normalized spacial score (nSPS) is 20.5. The number of nitrogens with zero attached hydrogens (tertiary/aromatic N) is 1. The van der Waals surface area contributed by atoms with Crippen LogP contribution in [0.1, 0.15) is 18.4 Å². The summed E-state index contributed by atoms with van der Waals surface area (Å²) in [6.45, 7) is 2.31. The van der Waals surface area contributed by atoms with Gasteiger partial charge in [0.2, 0.25) is 5.91 Å². The van der Waals surface area contributed by atoms with Gasteiger partial charge in [-0.15, -0.1) is 0 Å². The molecule has 3 rings (SSSR count). The lowest BCUT2D eigenvalue weighted by atomic mass is 9.93. The number of ether oxygens (including phenoxy) is 1. The van der Waals surface area contributed by atoms with E-state index in [0.29, 0.717) is 26.1 Å². The van der Waals surface area contributed by atoms with Gasteiger partial charge in [-0.25, -0.2) is 0 Å². The third kappa shape index (κ3) is 5.58. The third-order valence-corrected chi connectivity index (χ3v) is 4.58. The number of para-hydroxylation sites is 1. The van der Waals surface area contributed by atoms with E-state index in [9.17, 15) is 9.90 Å². The van der Waals surface area contributed by atoms with Crippen LogP contribution in [-0.2, 0) is 11.3 Å². The van der Waals surface area contributed by atoms with Crippen molar-refractivity contribution in [2.45, 2.75) is 25.0 Å². The number of amides is 1. The monoisotopic (exact) mass is 354 g/mol. The van der Waals surface area contributed by atoms with Gasteiger partial charge in [0.25, 0.3) is 0 Å². The number of rotatable bonds is 7. The van der Waals surface area contributed by atoms with Gasteiger partial charge in [-0.05, 0) is 37.1 Å². The summed E-state index contributed by atoms with van der Waals surface area (Å²) in [4.78, 5) is 14.2. The maximum atomic E-state index is 12.2. The number of hydrogen-bond donors (Lipinski definition) is 2. The molecule has 1 fully saturated rings. The highest BCUT2D eigenvalue weighted by Crippen LogP contribution is 2.22. The average molecular weight is 354 g/mol. The number of hydrogen-bond acceptors (Lipinski definition) is 4. The molecule has 1 saturated heterocycles. The topological polar surface area (TPSA) is 61.8 Å². The molecule has 2 aromatic carbocycles. The van der Waals surface area contributed by atoms with Gasteiger partial charge in [-0.1, -0.05) is 48.5 Å². The van der Waals surface area contributed by atoms with Crippen LogP contribution in [0.2, 0.25) is 0 Å². The first-order chi connectivity index (χ1) is 12.6. The Morgan fingerprint density at radius 1 is 1.12 bits per heavy atom. The largest absolute Gasteiger partial charge is 0.491 e. The Kier molecular flexibility index (Phi) is 6.26. The molecule has 0 radical (unpaired) electrons. The second-order valence-corrected chi connectivity index (χ2v) is 6.90. The molecule has 0 bridgehead atoms. The summed E-state index contributed by atoms with van der Waals surface area (Å²) in [6.07, 6.45) is 1.53. The van der Waals surface area contributed by atoms with Crippen LogP contribution in [0.15, 0.2) is 60.7 Å². The van der Waals surface area contributed by atoms with Crippen molar-refractivity contribution in [3.63, 3.8) is 0 Å². The molecule has 1 heterocycles. The number of likely N-dealkylation sites (tertiary alicyclic amines) is 1. The Morgan fingerprint density at radius 2 is 1.81 bits per heavy atom. The van der Waals surface area contributed by atoms with Gasteiger partial charge in [0.1, 0.15) is 18.0 Å². The first-order valence-electron chi connectivity index (χ1n) is 9.06. The molecule has 1 atom stereocenters. The van der Waals surface area contributed by atoms with Crippen molar-refractivity contribution in [2.75, 3.05) is 26.2 Å². The fourth-order valence-corrected chi connectivity index (χ4v) is 3.25. The Labute approximate surface area is 154 Å². The summed E-state index contributed by atoms with van der Waals surface area (Å²) in [5.41, 5.74) is 0.153. The SMILES string of the molecule is O=C(CN1CCC[C@](O)(COc2ccccc2)C1)NCc1ccccc1. The van der Waals surface area contributed by atoms with Crippen molar-refractivity contribution in [1.29, 1.82) is 0 Å². The summed E-state index contributed by atoms with van der Waals surface area (Å²) >= 11 is 0. The Bertz CT molecular complexity index is 693. The smallest absolute Gasteiger partial charge is 0.234 e. The minimum absolute atomic E-state index is 0.0259. The first-order valence-corrected chi connectivity index (χ1v) is 9.06. The molecule has 26 heavy (non-hydrogen) atoms. The van der Waals surface area contributed by atoms with Gasteiger partial charge < -0.3 is 15.2 Å². The van der Waals surface area contributed by atoms with E-state index in [1.165, 1.54) is 0 Å². The predicted octanol–water partition coefficient (Wildman–Crippen LogP) is 2.21. The van der Waals surface area contributed by atoms with E-state index in [1.807, 2.05) is 65.6 Å². The maximum absolute atomic E-state index is 12.2. The fourth-order valence-electron chi connectivity index (χ4n) is 3.25. The molecule has 2 aromatic rings. The van der Waals surface area contributed by atoms with Gasteiger partial charge in [0.05, 0.1) is 6.54 Å². The van der Waals surface area contributed by atoms with E-state index in [-0.39, 0.29) is 12.5 Å². The fraction of sp³-hybridized carbons (Fsp3) is 0.381. The molecule has 2 N–H and O–H groups in total. The number of benzene rings is 2. The zero-order valence-electron chi connectivity index (χ0n) is 14.9. The van der Waals surface area contributed by atoms with E-state index in [4.69, 9.17) is 4.74 Å². The van der Waals surface area contributed by atoms with E-state index in [1.54, 1.807) is 0 Å². The molecular formula is C21H26N2O3. The minimum Gasteiger partial charge on any atom is -0.491 e. The van der Waals surface area contributed by atoms with Crippen LogP contribution in [-0.4, -0.2) is 47.8 Å². The zero-order valence-corrected chi connectivity index (χ0v) is 14.9. The zero-order chi connectivity index (χ0) is 18.2. The highest BCUT2D eigenvalue weighted by atomic mass is 16.5. The molecule has 0 spiro atoms. The van der Waals surface area contributed by atoms with Crippen molar-refractivity contribution < 1.29 is 14.6 Å². The summed E-state index contributed by atoms with van der Waals surface area (Å²) in [7, 11) is 0. The van der Waals surface area contributed by atoms with Crippen molar-refractivity contribution in [2.24, 2.45) is 0 Å². The minimum atomic E-state index is -0.923. The second kappa shape index (κ2) is 8.83. The lowest BCUT2D eigenvalue weighted by Crippen LogP contribution is -2.53. The molecule has 0 aromatic heterocycles. The molecule has 5 nitrogen and oxygen atoms in total. The van der Waals surface area contributed by atoms with Crippen molar-refractivity contribution in [3.8, 4) is 5.75 Å². The highest BCUT2D eigenvalue weighted by molar-refractivity contribution is 5.78. The van der Waals surface area contributed by atoms with E-state index in [2.05, 4.69) is 5.32 Å². The van der Waals surface area contributed by atoms with Crippen LogP contribution in [0.4, 0.5) is 0 Å². The highest BCUT2D eigenvalue weighted by Gasteiger charge is 2.34. The second-order valence-electron chi connectivity index (χ2n) is 6.90. The van der Waals surface area contributed by atoms with E-state index in [0.717, 1.165) is 24.3 Å². The van der Waals surface area contributed by atoms with Crippen LogP contribution >= 0.6 is 0 Å². The molecule has 0 aliphatic carbocycles. The van der Waals surface area contributed by atoms with Crippen LogP contribution in [0.5, 0.6) is 5.75 Å². The molecule has 5 heteroatoms. The van der Waals surface area contributed by atoms with Gasteiger partial charge >= 0.3 is 0 Å². The van der Waals surface area contributed by atoms with Crippen molar-refractivity contribution in [3.05, 3.63) is 66.2 Å². The number of aliphatic hydroxyl groups is 1. The van der Waals surface area contributed by atoms with Crippen LogP contribution < -0.4 is 10.1 Å².